The molecular weight excluding hydrogens is 172 g/mol. The lowest BCUT2D eigenvalue weighted by Gasteiger charge is -1.83. The van der Waals surface area contributed by atoms with Gasteiger partial charge in [0, 0.05) is 23.8 Å². The smallest absolute Gasteiger partial charge is 0.143 e. The Bertz CT molecular complexity index is 351. The Labute approximate surface area is 73.5 Å². The van der Waals surface area contributed by atoms with E-state index in [0.717, 1.165) is 16.4 Å². The maximum absolute atomic E-state index is 5.43. The molecule has 0 fully saturated rings. The maximum atomic E-state index is 5.43. The first-order chi connectivity index (χ1) is 5.90. The Morgan fingerprint density at radius 2 is 2.50 bits per heavy atom. The zero-order valence-corrected chi connectivity index (χ0v) is 7.14. The van der Waals surface area contributed by atoms with Crippen molar-refractivity contribution < 1.29 is 0 Å². The average molecular weight is 180 g/mol. The number of H-pyrrole nitrogens is 1. The molecule has 2 rings (SSSR count). The van der Waals surface area contributed by atoms with Crippen LogP contribution in [-0.4, -0.2) is 15.2 Å². The molecule has 0 amide bonds. The molecule has 0 aliphatic rings. The van der Waals surface area contributed by atoms with E-state index in [-0.39, 0.29) is 0 Å². The summed E-state index contributed by atoms with van der Waals surface area (Å²) in [6, 6.07) is 1.92. The van der Waals surface area contributed by atoms with Crippen molar-refractivity contribution in [3.63, 3.8) is 0 Å². The third-order valence-electron chi connectivity index (χ3n) is 1.50. The SMILES string of the molecule is NCc1cc(-c2nccs2)n[nH]1. The molecule has 0 unspecified atom stereocenters. The van der Waals surface area contributed by atoms with E-state index < -0.39 is 0 Å². The standard InChI is InChI=1S/C7H8N4S/c8-4-5-3-6(11-10-5)7-9-1-2-12-7/h1-3H,4,8H2,(H,10,11). The molecule has 0 atom stereocenters. The van der Waals surface area contributed by atoms with Crippen LogP contribution in [0.1, 0.15) is 5.69 Å². The van der Waals surface area contributed by atoms with E-state index in [1.54, 1.807) is 17.5 Å². The van der Waals surface area contributed by atoms with Gasteiger partial charge in [0.15, 0.2) is 0 Å². The van der Waals surface area contributed by atoms with Gasteiger partial charge < -0.3 is 5.73 Å². The van der Waals surface area contributed by atoms with E-state index in [1.807, 2.05) is 11.4 Å². The van der Waals surface area contributed by atoms with E-state index in [1.165, 1.54) is 0 Å². The van der Waals surface area contributed by atoms with Crippen molar-refractivity contribution in [2.24, 2.45) is 5.73 Å². The lowest BCUT2D eigenvalue weighted by molar-refractivity contribution is 0.948. The molecule has 3 N–H and O–H groups in total. The zero-order valence-electron chi connectivity index (χ0n) is 6.32. The normalized spacial score (nSPS) is 10.4. The largest absolute Gasteiger partial charge is 0.325 e. The minimum absolute atomic E-state index is 0.484. The molecule has 2 aromatic rings. The summed E-state index contributed by atoms with van der Waals surface area (Å²) >= 11 is 1.57. The fourth-order valence-corrected chi connectivity index (χ4v) is 1.52. The molecule has 0 aliphatic carbocycles. The fourth-order valence-electron chi connectivity index (χ4n) is 0.926. The maximum Gasteiger partial charge on any atom is 0.143 e. The first-order valence-electron chi connectivity index (χ1n) is 3.54. The monoisotopic (exact) mass is 180 g/mol. The summed E-state index contributed by atoms with van der Waals surface area (Å²) in [6.07, 6.45) is 1.76. The fraction of sp³-hybridized carbons (Fsp3) is 0.143. The van der Waals surface area contributed by atoms with E-state index in [2.05, 4.69) is 15.2 Å². The number of hydrogen-bond acceptors (Lipinski definition) is 4. The lowest BCUT2D eigenvalue weighted by Crippen LogP contribution is -1.95. The summed E-state index contributed by atoms with van der Waals surface area (Å²) in [5, 5.41) is 9.75. The van der Waals surface area contributed by atoms with Crippen molar-refractivity contribution in [1.82, 2.24) is 15.2 Å². The van der Waals surface area contributed by atoms with E-state index in [9.17, 15) is 0 Å². The molecule has 0 spiro atoms. The molecule has 0 aromatic carbocycles. The van der Waals surface area contributed by atoms with Crippen LogP contribution in [0.25, 0.3) is 10.7 Å². The van der Waals surface area contributed by atoms with Gasteiger partial charge in [-0.25, -0.2) is 4.98 Å². The number of thiazole rings is 1. The van der Waals surface area contributed by atoms with Crippen LogP contribution in [0.2, 0.25) is 0 Å². The van der Waals surface area contributed by atoms with Crippen molar-refractivity contribution >= 4 is 11.3 Å². The lowest BCUT2D eigenvalue weighted by atomic mass is 10.3. The van der Waals surface area contributed by atoms with Gasteiger partial charge in [0.1, 0.15) is 10.7 Å². The second-order valence-corrected chi connectivity index (χ2v) is 3.21. The summed E-state index contributed by atoms with van der Waals surface area (Å²) in [7, 11) is 0. The Kier molecular flexibility index (Phi) is 1.89. The molecule has 0 saturated heterocycles. The van der Waals surface area contributed by atoms with Crippen LogP contribution in [0, 0.1) is 0 Å². The summed E-state index contributed by atoms with van der Waals surface area (Å²) in [6.45, 7) is 0.484. The predicted molar refractivity (Wildman–Crippen MR) is 47.6 cm³/mol. The number of nitrogens with two attached hydrogens (primary N) is 1. The van der Waals surface area contributed by atoms with Crippen molar-refractivity contribution in [2.75, 3.05) is 0 Å². The Balaban J connectivity index is 2.35. The van der Waals surface area contributed by atoms with Gasteiger partial charge in [0.05, 0.1) is 0 Å². The minimum atomic E-state index is 0.484. The number of nitrogens with zero attached hydrogens (tertiary/aromatic N) is 2. The third kappa shape index (κ3) is 1.24. The topological polar surface area (TPSA) is 67.6 Å². The van der Waals surface area contributed by atoms with Gasteiger partial charge in [-0.15, -0.1) is 11.3 Å². The van der Waals surface area contributed by atoms with Gasteiger partial charge in [-0.3, -0.25) is 5.10 Å². The second kappa shape index (κ2) is 3.04. The van der Waals surface area contributed by atoms with E-state index >= 15 is 0 Å². The highest BCUT2D eigenvalue weighted by molar-refractivity contribution is 7.13. The molecule has 2 aromatic heterocycles. The molecule has 2 heterocycles. The van der Waals surface area contributed by atoms with E-state index in [0.29, 0.717) is 6.54 Å². The van der Waals surface area contributed by atoms with Crippen LogP contribution < -0.4 is 5.73 Å². The van der Waals surface area contributed by atoms with Gasteiger partial charge >= 0.3 is 0 Å². The molecule has 5 heteroatoms. The van der Waals surface area contributed by atoms with Gasteiger partial charge in [0.2, 0.25) is 0 Å². The molecule has 0 aliphatic heterocycles. The number of nitrogens with one attached hydrogen (secondary N) is 1. The molecular formula is C7H8N4S. The van der Waals surface area contributed by atoms with Crippen molar-refractivity contribution in [1.29, 1.82) is 0 Å². The van der Waals surface area contributed by atoms with Crippen LogP contribution in [0.15, 0.2) is 17.6 Å². The molecule has 0 radical (unpaired) electrons. The van der Waals surface area contributed by atoms with Gasteiger partial charge in [-0.1, -0.05) is 0 Å². The predicted octanol–water partition coefficient (Wildman–Crippen LogP) is 0.992. The van der Waals surface area contributed by atoms with Gasteiger partial charge in [-0.2, -0.15) is 5.10 Å². The highest BCUT2D eigenvalue weighted by Crippen LogP contribution is 2.19. The summed E-state index contributed by atoms with van der Waals surface area (Å²) in [5.74, 6) is 0. The van der Waals surface area contributed by atoms with Crippen LogP contribution >= 0.6 is 11.3 Å². The summed E-state index contributed by atoms with van der Waals surface area (Å²) in [4.78, 5) is 4.13. The van der Waals surface area contributed by atoms with E-state index in [4.69, 9.17) is 5.73 Å². The molecule has 62 valence electrons. The second-order valence-electron chi connectivity index (χ2n) is 2.32. The quantitative estimate of drug-likeness (QED) is 0.724. The van der Waals surface area contributed by atoms with Crippen LogP contribution in [0.5, 0.6) is 0 Å². The van der Waals surface area contributed by atoms with Crippen LogP contribution in [0.3, 0.4) is 0 Å². The Hall–Kier alpha value is -1.20. The van der Waals surface area contributed by atoms with Gasteiger partial charge in [0.25, 0.3) is 0 Å². The third-order valence-corrected chi connectivity index (χ3v) is 2.30. The number of rotatable bonds is 2. The number of aromatic amines is 1. The number of hydrogen-bond donors (Lipinski definition) is 2. The minimum Gasteiger partial charge on any atom is -0.325 e. The highest BCUT2D eigenvalue weighted by atomic mass is 32.1. The van der Waals surface area contributed by atoms with Crippen molar-refractivity contribution in [2.45, 2.75) is 6.54 Å². The molecule has 12 heavy (non-hydrogen) atoms. The van der Waals surface area contributed by atoms with Crippen LogP contribution in [-0.2, 0) is 6.54 Å². The van der Waals surface area contributed by atoms with Crippen molar-refractivity contribution in [3.8, 4) is 10.7 Å². The van der Waals surface area contributed by atoms with Crippen LogP contribution in [0.4, 0.5) is 0 Å². The molecule has 0 saturated carbocycles. The Morgan fingerprint density at radius 1 is 1.58 bits per heavy atom. The highest BCUT2D eigenvalue weighted by Gasteiger charge is 2.03. The Morgan fingerprint density at radius 3 is 3.08 bits per heavy atom. The summed E-state index contributed by atoms with van der Waals surface area (Å²) < 4.78 is 0. The summed E-state index contributed by atoms with van der Waals surface area (Å²) in [5.41, 5.74) is 7.23. The first-order valence-corrected chi connectivity index (χ1v) is 4.42. The first kappa shape index (κ1) is 7.45. The molecule has 4 nitrogen and oxygen atoms in total. The van der Waals surface area contributed by atoms with Gasteiger partial charge in [-0.05, 0) is 6.07 Å². The average Bonchev–Trinajstić information content (AvgIpc) is 2.75. The molecule has 0 bridgehead atoms. The number of aromatic nitrogens is 3. The zero-order chi connectivity index (χ0) is 8.39. The van der Waals surface area contributed by atoms with Crippen molar-refractivity contribution in [3.05, 3.63) is 23.3 Å².